The van der Waals surface area contributed by atoms with Crippen LogP contribution in [0.5, 0.6) is 0 Å². The molecule has 0 aliphatic rings. The van der Waals surface area contributed by atoms with Crippen molar-refractivity contribution in [3.05, 3.63) is 74.2 Å². The van der Waals surface area contributed by atoms with E-state index in [0.717, 1.165) is 9.36 Å². The van der Waals surface area contributed by atoms with E-state index in [-0.39, 0.29) is 34.7 Å². The number of aryl methyl sites for hydroxylation is 1. The van der Waals surface area contributed by atoms with Gasteiger partial charge in [-0.05, 0) is 47.7 Å². The van der Waals surface area contributed by atoms with Crippen molar-refractivity contribution in [1.29, 1.82) is 0 Å². The predicted octanol–water partition coefficient (Wildman–Crippen LogP) is 4.60. The molecule has 33 heavy (non-hydrogen) atoms. The molecule has 0 N–H and O–H groups in total. The van der Waals surface area contributed by atoms with Gasteiger partial charge in [-0.1, -0.05) is 22.8 Å². The molecule has 0 unspecified atom stereocenters. The first-order chi connectivity index (χ1) is 15.3. The molecular formula is C19H14ClF6N5O2. The minimum Gasteiger partial charge on any atom is -0.391 e. The molecule has 3 aromatic rings. The standard InChI is InChI=1S/C19H14ClF6N5O2/c1-10(11-6-12(18(21,22)23)8-13(7-11)19(24,25)26)27-33-9-14-15(20)4-3-5-16(14)31-17(32)30(2)28-29-31/h3-8H,9H2,1-2H3. The second kappa shape index (κ2) is 8.89. The number of alkyl halides is 6. The van der Waals surface area contributed by atoms with Crippen LogP contribution in [0, 0.1) is 0 Å². The SMILES string of the molecule is CC(=NOCc1c(Cl)cccc1-n1nnn(C)c1=O)c1cc(C(F)(F)F)cc(C(F)(F)F)c1. The molecule has 2 aromatic carbocycles. The summed E-state index contributed by atoms with van der Waals surface area (Å²) >= 11 is 6.16. The molecule has 7 nitrogen and oxygen atoms in total. The maximum Gasteiger partial charge on any atom is 0.416 e. The summed E-state index contributed by atoms with van der Waals surface area (Å²) < 4.78 is 80.3. The molecule has 0 aliphatic heterocycles. The third kappa shape index (κ3) is 5.35. The summed E-state index contributed by atoms with van der Waals surface area (Å²) in [5.74, 6) is 0. The summed E-state index contributed by atoms with van der Waals surface area (Å²) in [6.07, 6.45) is -9.98. The van der Waals surface area contributed by atoms with E-state index < -0.39 is 34.7 Å². The Hall–Kier alpha value is -3.35. The largest absolute Gasteiger partial charge is 0.416 e. The van der Waals surface area contributed by atoms with Crippen molar-refractivity contribution in [1.82, 2.24) is 19.8 Å². The summed E-state index contributed by atoms with van der Waals surface area (Å²) in [5.41, 5.74) is -3.74. The molecule has 14 heteroatoms. The molecule has 0 saturated carbocycles. The Morgan fingerprint density at radius 2 is 1.67 bits per heavy atom. The van der Waals surface area contributed by atoms with Gasteiger partial charge in [-0.25, -0.2) is 4.79 Å². The van der Waals surface area contributed by atoms with Gasteiger partial charge in [-0.2, -0.15) is 35.7 Å². The maximum atomic E-state index is 13.1. The van der Waals surface area contributed by atoms with Crippen molar-refractivity contribution >= 4 is 17.3 Å². The number of rotatable bonds is 5. The van der Waals surface area contributed by atoms with Gasteiger partial charge < -0.3 is 4.84 Å². The first-order valence-electron chi connectivity index (χ1n) is 9.02. The fourth-order valence-corrected chi connectivity index (χ4v) is 2.99. The second-order valence-electron chi connectivity index (χ2n) is 6.78. The third-order valence-electron chi connectivity index (χ3n) is 4.46. The topological polar surface area (TPSA) is 74.3 Å². The van der Waals surface area contributed by atoms with E-state index in [4.69, 9.17) is 16.4 Å². The molecule has 0 saturated heterocycles. The number of oxime groups is 1. The van der Waals surface area contributed by atoms with Crippen LogP contribution in [0.4, 0.5) is 26.3 Å². The van der Waals surface area contributed by atoms with Gasteiger partial charge >= 0.3 is 18.0 Å². The molecule has 0 bridgehead atoms. The molecule has 0 spiro atoms. The zero-order valence-corrected chi connectivity index (χ0v) is 17.6. The van der Waals surface area contributed by atoms with Crippen molar-refractivity contribution in [3.8, 4) is 5.69 Å². The average Bonchev–Trinajstić information content (AvgIpc) is 3.05. The monoisotopic (exact) mass is 493 g/mol. The van der Waals surface area contributed by atoms with E-state index >= 15 is 0 Å². The number of nitrogens with zero attached hydrogens (tertiary/aromatic N) is 5. The van der Waals surface area contributed by atoms with Gasteiger partial charge in [0.1, 0.15) is 6.61 Å². The van der Waals surface area contributed by atoms with Crippen LogP contribution in [0.3, 0.4) is 0 Å². The van der Waals surface area contributed by atoms with Crippen LogP contribution in [0.15, 0.2) is 46.3 Å². The predicted molar refractivity (Wildman–Crippen MR) is 105 cm³/mol. The highest BCUT2D eigenvalue weighted by Crippen LogP contribution is 2.36. The lowest BCUT2D eigenvalue weighted by Crippen LogP contribution is -2.23. The van der Waals surface area contributed by atoms with E-state index in [1.165, 1.54) is 32.2 Å². The van der Waals surface area contributed by atoms with Gasteiger partial charge in [0.05, 0.1) is 22.5 Å². The highest BCUT2D eigenvalue weighted by atomic mass is 35.5. The number of tetrazole rings is 1. The smallest absolute Gasteiger partial charge is 0.391 e. The van der Waals surface area contributed by atoms with Gasteiger partial charge in [0, 0.05) is 23.2 Å². The molecule has 176 valence electrons. The molecule has 0 aliphatic carbocycles. The number of hydrogen-bond donors (Lipinski definition) is 0. The van der Waals surface area contributed by atoms with E-state index in [1.807, 2.05) is 0 Å². The van der Waals surface area contributed by atoms with Crippen LogP contribution in [0.2, 0.25) is 5.02 Å². The summed E-state index contributed by atoms with van der Waals surface area (Å²) in [6.45, 7) is 0.830. The van der Waals surface area contributed by atoms with Crippen LogP contribution in [0.1, 0.15) is 29.2 Å². The van der Waals surface area contributed by atoms with Gasteiger partial charge in [-0.15, -0.1) is 0 Å². The third-order valence-corrected chi connectivity index (χ3v) is 4.81. The van der Waals surface area contributed by atoms with Crippen molar-refractivity contribution in [2.45, 2.75) is 25.9 Å². The Balaban J connectivity index is 1.92. The summed E-state index contributed by atoms with van der Waals surface area (Å²) in [5, 5.41) is 11.1. The number of halogens is 7. The molecule has 1 aromatic heterocycles. The summed E-state index contributed by atoms with van der Waals surface area (Å²) in [4.78, 5) is 17.3. The summed E-state index contributed by atoms with van der Waals surface area (Å²) in [7, 11) is 1.38. The highest BCUT2D eigenvalue weighted by molar-refractivity contribution is 6.31. The fraction of sp³-hybridized carbons (Fsp3) is 0.263. The Kier molecular flexibility index (Phi) is 6.54. The summed E-state index contributed by atoms with van der Waals surface area (Å²) in [6, 6.07) is 5.63. The van der Waals surface area contributed by atoms with E-state index in [1.54, 1.807) is 0 Å². The van der Waals surface area contributed by atoms with Crippen LogP contribution < -0.4 is 5.69 Å². The minimum absolute atomic E-state index is 0.0201. The maximum absolute atomic E-state index is 13.1. The number of hydrogen-bond acceptors (Lipinski definition) is 5. The molecule has 0 radical (unpaired) electrons. The number of aromatic nitrogens is 4. The molecule has 1 heterocycles. The molecule has 0 fully saturated rings. The Labute approximate surface area is 186 Å². The lowest BCUT2D eigenvalue weighted by molar-refractivity contribution is -0.143. The Bertz CT molecular complexity index is 1230. The molecule has 0 amide bonds. The molecule has 0 atom stereocenters. The van der Waals surface area contributed by atoms with Gasteiger partial charge in [0.15, 0.2) is 0 Å². The minimum atomic E-state index is -4.99. The highest BCUT2D eigenvalue weighted by Gasteiger charge is 2.37. The average molecular weight is 494 g/mol. The van der Waals surface area contributed by atoms with Crippen molar-refractivity contribution in [2.75, 3.05) is 0 Å². The van der Waals surface area contributed by atoms with E-state index in [9.17, 15) is 31.1 Å². The molecular weight excluding hydrogens is 480 g/mol. The first-order valence-corrected chi connectivity index (χ1v) is 9.40. The molecule has 3 rings (SSSR count). The second-order valence-corrected chi connectivity index (χ2v) is 7.19. The van der Waals surface area contributed by atoms with E-state index in [2.05, 4.69) is 15.6 Å². The quantitative estimate of drug-likeness (QED) is 0.296. The lowest BCUT2D eigenvalue weighted by atomic mass is 10.0. The Morgan fingerprint density at radius 3 is 2.18 bits per heavy atom. The van der Waals surface area contributed by atoms with Crippen molar-refractivity contribution in [2.24, 2.45) is 12.2 Å². The van der Waals surface area contributed by atoms with E-state index in [0.29, 0.717) is 12.1 Å². The van der Waals surface area contributed by atoms with Gasteiger partial charge in [0.25, 0.3) is 0 Å². The van der Waals surface area contributed by atoms with Crippen molar-refractivity contribution < 1.29 is 31.2 Å². The van der Waals surface area contributed by atoms with Crippen LogP contribution in [-0.2, 0) is 30.8 Å². The first kappa shape index (κ1) is 24.3. The van der Waals surface area contributed by atoms with Crippen LogP contribution >= 0.6 is 11.6 Å². The number of benzene rings is 2. The van der Waals surface area contributed by atoms with Crippen LogP contribution in [0.25, 0.3) is 5.69 Å². The fourth-order valence-electron chi connectivity index (χ4n) is 2.76. The Morgan fingerprint density at radius 1 is 1.06 bits per heavy atom. The van der Waals surface area contributed by atoms with Crippen LogP contribution in [-0.4, -0.2) is 25.5 Å². The van der Waals surface area contributed by atoms with Gasteiger partial charge in [0.2, 0.25) is 0 Å². The van der Waals surface area contributed by atoms with Gasteiger partial charge in [-0.3, -0.25) is 0 Å². The normalized spacial score (nSPS) is 12.8. The zero-order chi connectivity index (χ0) is 24.6. The zero-order valence-electron chi connectivity index (χ0n) is 16.9. The lowest BCUT2D eigenvalue weighted by Gasteiger charge is -2.14. The van der Waals surface area contributed by atoms with Crippen molar-refractivity contribution in [3.63, 3.8) is 0 Å².